The maximum Gasteiger partial charge on any atom is 0.202 e. The van der Waals surface area contributed by atoms with Gasteiger partial charge in [-0.05, 0) is 25.3 Å². The zero-order valence-electron chi connectivity index (χ0n) is 10.9. The van der Waals surface area contributed by atoms with Gasteiger partial charge in [0.2, 0.25) is 5.13 Å². The number of benzene rings is 1. The van der Waals surface area contributed by atoms with Crippen molar-refractivity contribution in [3.63, 3.8) is 0 Å². The highest BCUT2D eigenvalue weighted by molar-refractivity contribution is 7.09. The van der Waals surface area contributed by atoms with Crippen LogP contribution in [0.5, 0.6) is 0 Å². The number of hydrogen-bond donors (Lipinski definition) is 1. The maximum absolute atomic E-state index is 4.48. The molecule has 96 valence electrons. The molecule has 3 nitrogen and oxygen atoms in total. The van der Waals surface area contributed by atoms with Crippen molar-refractivity contribution in [2.45, 2.75) is 39.2 Å². The number of aryl methyl sites for hydroxylation is 1. The molecule has 0 aliphatic rings. The van der Waals surface area contributed by atoms with Crippen molar-refractivity contribution in [3.05, 3.63) is 41.7 Å². The number of rotatable bonds is 6. The van der Waals surface area contributed by atoms with Crippen LogP contribution in [0.4, 0.5) is 5.13 Å². The molecule has 1 unspecified atom stereocenters. The van der Waals surface area contributed by atoms with E-state index in [-0.39, 0.29) is 0 Å². The summed E-state index contributed by atoms with van der Waals surface area (Å²) in [5, 5.41) is 4.35. The topological polar surface area (TPSA) is 37.8 Å². The molecular formula is C14H19N3S. The first kappa shape index (κ1) is 13.0. The summed E-state index contributed by atoms with van der Waals surface area (Å²) in [4.78, 5) is 4.48. The Hall–Kier alpha value is -1.42. The molecule has 2 aromatic rings. The molecule has 0 spiro atoms. The molecule has 0 aliphatic heterocycles. The van der Waals surface area contributed by atoms with Crippen molar-refractivity contribution in [3.8, 4) is 0 Å². The van der Waals surface area contributed by atoms with Gasteiger partial charge < -0.3 is 5.32 Å². The third-order valence-corrected chi connectivity index (χ3v) is 3.38. The lowest BCUT2D eigenvalue weighted by Gasteiger charge is -2.12. The van der Waals surface area contributed by atoms with Crippen molar-refractivity contribution < 1.29 is 0 Å². The minimum absolute atomic E-state index is 0.370. The standard InChI is InChI=1S/C14H19N3S/c1-3-7-13-16-14(18-17-13)15-11(2)10-12-8-5-4-6-9-12/h4-6,8-9,11H,3,7,10H2,1-2H3,(H,15,16,17). The Morgan fingerprint density at radius 3 is 2.78 bits per heavy atom. The van der Waals surface area contributed by atoms with Gasteiger partial charge in [-0.2, -0.15) is 4.37 Å². The number of nitrogens with one attached hydrogen (secondary N) is 1. The average Bonchev–Trinajstić information content (AvgIpc) is 2.78. The average molecular weight is 261 g/mol. The van der Waals surface area contributed by atoms with Gasteiger partial charge in [-0.15, -0.1) is 0 Å². The Morgan fingerprint density at radius 1 is 1.28 bits per heavy atom. The molecule has 0 fully saturated rings. The van der Waals surface area contributed by atoms with Crippen LogP contribution in [0.2, 0.25) is 0 Å². The molecule has 18 heavy (non-hydrogen) atoms. The van der Waals surface area contributed by atoms with Crippen LogP contribution < -0.4 is 5.32 Å². The van der Waals surface area contributed by atoms with Crippen molar-refractivity contribution >= 4 is 16.7 Å². The summed E-state index contributed by atoms with van der Waals surface area (Å²) < 4.78 is 4.33. The van der Waals surface area contributed by atoms with Crippen LogP contribution in [0, 0.1) is 0 Å². The van der Waals surface area contributed by atoms with Gasteiger partial charge in [0.1, 0.15) is 5.82 Å². The molecule has 1 aromatic heterocycles. The predicted molar refractivity (Wildman–Crippen MR) is 77.1 cm³/mol. The lowest BCUT2D eigenvalue weighted by atomic mass is 10.1. The minimum atomic E-state index is 0.370. The zero-order chi connectivity index (χ0) is 12.8. The second-order valence-corrected chi connectivity index (χ2v) is 5.25. The predicted octanol–water partition coefficient (Wildman–Crippen LogP) is 3.53. The summed E-state index contributed by atoms with van der Waals surface area (Å²) in [6.45, 7) is 4.32. The third-order valence-electron chi connectivity index (χ3n) is 2.70. The summed E-state index contributed by atoms with van der Waals surface area (Å²) in [7, 11) is 0. The van der Waals surface area contributed by atoms with Gasteiger partial charge in [0.25, 0.3) is 0 Å². The van der Waals surface area contributed by atoms with Gasteiger partial charge in [-0.25, -0.2) is 4.98 Å². The molecule has 1 aromatic carbocycles. The quantitative estimate of drug-likeness (QED) is 0.864. The van der Waals surface area contributed by atoms with Crippen LogP contribution in [-0.4, -0.2) is 15.4 Å². The van der Waals surface area contributed by atoms with Crippen LogP contribution in [0.15, 0.2) is 30.3 Å². The molecule has 0 bridgehead atoms. The molecule has 2 rings (SSSR count). The molecule has 0 saturated carbocycles. The number of anilines is 1. The van der Waals surface area contributed by atoms with Crippen LogP contribution >= 0.6 is 11.5 Å². The number of aromatic nitrogens is 2. The van der Waals surface area contributed by atoms with E-state index in [9.17, 15) is 0 Å². The normalized spacial score (nSPS) is 12.3. The summed E-state index contributed by atoms with van der Waals surface area (Å²) in [6.07, 6.45) is 3.06. The second kappa shape index (κ2) is 6.50. The molecule has 0 radical (unpaired) electrons. The Morgan fingerprint density at radius 2 is 2.06 bits per heavy atom. The zero-order valence-corrected chi connectivity index (χ0v) is 11.7. The van der Waals surface area contributed by atoms with Gasteiger partial charge in [0.05, 0.1) is 0 Å². The maximum atomic E-state index is 4.48. The van der Waals surface area contributed by atoms with Crippen molar-refractivity contribution in [1.82, 2.24) is 9.36 Å². The third kappa shape index (κ3) is 3.81. The molecule has 1 N–H and O–H groups in total. The van der Waals surface area contributed by atoms with E-state index in [4.69, 9.17) is 0 Å². The Bertz CT molecular complexity index is 467. The summed E-state index contributed by atoms with van der Waals surface area (Å²) in [5.41, 5.74) is 1.34. The van der Waals surface area contributed by atoms with Gasteiger partial charge in [-0.3, -0.25) is 0 Å². The highest BCUT2D eigenvalue weighted by Gasteiger charge is 2.07. The molecule has 1 heterocycles. The molecule has 4 heteroatoms. The van der Waals surface area contributed by atoms with Crippen LogP contribution in [0.25, 0.3) is 0 Å². The molecule has 1 atom stereocenters. The fourth-order valence-corrected chi connectivity index (χ4v) is 2.59. The largest absolute Gasteiger partial charge is 0.357 e. The second-order valence-electron chi connectivity index (χ2n) is 4.50. The smallest absolute Gasteiger partial charge is 0.202 e. The van der Waals surface area contributed by atoms with Gasteiger partial charge >= 0.3 is 0 Å². The van der Waals surface area contributed by atoms with Crippen molar-refractivity contribution in [1.29, 1.82) is 0 Å². The van der Waals surface area contributed by atoms with Crippen molar-refractivity contribution in [2.24, 2.45) is 0 Å². The van der Waals surface area contributed by atoms with E-state index in [2.05, 4.69) is 52.8 Å². The van der Waals surface area contributed by atoms with E-state index in [0.29, 0.717) is 6.04 Å². The molecule has 0 aliphatic carbocycles. The summed E-state index contributed by atoms with van der Waals surface area (Å²) in [5.74, 6) is 0.955. The fourth-order valence-electron chi connectivity index (χ4n) is 1.87. The van der Waals surface area contributed by atoms with E-state index >= 15 is 0 Å². The van der Waals surface area contributed by atoms with E-state index in [1.807, 2.05) is 6.07 Å². The van der Waals surface area contributed by atoms with Gasteiger partial charge in [0.15, 0.2) is 0 Å². The highest BCUT2D eigenvalue weighted by atomic mass is 32.1. The number of nitrogens with zero attached hydrogens (tertiary/aromatic N) is 2. The van der Waals surface area contributed by atoms with E-state index in [0.717, 1.165) is 30.2 Å². The summed E-state index contributed by atoms with van der Waals surface area (Å²) >= 11 is 1.46. The van der Waals surface area contributed by atoms with E-state index < -0.39 is 0 Å². The fraction of sp³-hybridized carbons (Fsp3) is 0.429. The van der Waals surface area contributed by atoms with Crippen LogP contribution in [0.1, 0.15) is 31.7 Å². The van der Waals surface area contributed by atoms with Crippen LogP contribution in [-0.2, 0) is 12.8 Å². The molecule has 0 saturated heterocycles. The van der Waals surface area contributed by atoms with Crippen LogP contribution in [0.3, 0.4) is 0 Å². The first-order chi connectivity index (χ1) is 8.78. The summed E-state index contributed by atoms with van der Waals surface area (Å²) in [6, 6.07) is 10.9. The lowest BCUT2D eigenvalue weighted by Crippen LogP contribution is -2.17. The first-order valence-electron chi connectivity index (χ1n) is 6.41. The molecule has 0 amide bonds. The van der Waals surface area contributed by atoms with E-state index in [1.165, 1.54) is 17.1 Å². The van der Waals surface area contributed by atoms with E-state index in [1.54, 1.807) is 0 Å². The van der Waals surface area contributed by atoms with Crippen molar-refractivity contribution in [2.75, 3.05) is 5.32 Å². The first-order valence-corrected chi connectivity index (χ1v) is 7.18. The molecular weight excluding hydrogens is 242 g/mol. The Labute approximate surface area is 112 Å². The van der Waals surface area contributed by atoms with Gasteiger partial charge in [0, 0.05) is 24.0 Å². The monoisotopic (exact) mass is 261 g/mol. The van der Waals surface area contributed by atoms with Gasteiger partial charge in [-0.1, -0.05) is 37.3 Å². The minimum Gasteiger partial charge on any atom is -0.357 e. The highest BCUT2D eigenvalue weighted by Crippen LogP contribution is 2.14. The number of hydrogen-bond acceptors (Lipinski definition) is 4. The SMILES string of the molecule is CCCc1nsc(NC(C)Cc2ccccc2)n1. The lowest BCUT2D eigenvalue weighted by molar-refractivity contribution is 0.785. The Balaban J connectivity index is 1.88. The Kier molecular flexibility index (Phi) is 4.70.